The van der Waals surface area contributed by atoms with Crippen molar-refractivity contribution in [2.75, 3.05) is 19.6 Å². The lowest BCUT2D eigenvalue weighted by Gasteiger charge is -2.47. The van der Waals surface area contributed by atoms with Gasteiger partial charge in [0.15, 0.2) is 0 Å². The molecule has 1 N–H and O–H groups in total. The maximum atomic E-state index is 3.90. The molecule has 1 aromatic rings. The average molecular weight is 303 g/mol. The first kappa shape index (κ1) is 17.5. The van der Waals surface area contributed by atoms with Crippen molar-refractivity contribution in [1.29, 1.82) is 0 Å². The van der Waals surface area contributed by atoms with Crippen LogP contribution >= 0.6 is 0 Å². The fraction of sp³-hybridized carbons (Fsp3) is 0.700. The number of benzene rings is 1. The van der Waals surface area contributed by atoms with Crippen molar-refractivity contribution < 1.29 is 0 Å². The minimum absolute atomic E-state index is 0.307. The Labute approximate surface area is 137 Å². The summed E-state index contributed by atoms with van der Waals surface area (Å²) in [6, 6.07) is 11.6. The molecule has 0 aliphatic carbocycles. The number of nitrogens with zero attached hydrogens (tertiary/aromatic N) is 1. The molecule has 0 radical (unpaired) electrons. The number of hydrogen-bond donors (Lipinski definition) is 1. The Balaban J connectivity index is 2.22. The number of likely N-dealkylation sites (tertiary alicyclic amines) is 1. The average Bonchev–Trinajstić information content (AvgIpc) is 3.10. The second kappa shape index (κ2) is 8.69. The molecule has 1 heterocycles. The van der Waals surface area contributed by atoms with E-state index in [9.17, 15) is 0 Å². The first-order valence-electron chi connectivity index (χ1n) is 9.29. The highest BCUT2D eigenvalue weighted by Gasteiger charge is 2.41. The van der Waals surface area contributed by atoms with Crippen molar-refractivity contribution in [2.24, 2.45) is 0 Å². The lowest BCUT2D eigenvalue weighted by atomic mass is 9.79. The Bertz CT molecular complexity index is 405. The number of rotatable bonds is 9. The van der Waals surface area contributed by atoms with Gasteiger partial charge >= 0.3 is 0 Å². The zero-order valence-electron chi connectivity index (χ0n) is 14.8. The lowest BCUT2D eigenvalue weighted by molar-refractivity contribution is 0.0620. The predicted molar refractivity (Wildman–Crippen MR) is 96.3 cm³/mol. The van der Waals surface area contributed by atoms with Gasteiger partial charge in [0.1, 0.15) is 0 Å². The maximum absolute atomic E-state index is 3.90. The first-order valence-corrected chi connectivity index (χ1v) is 9.29. The second-order valence-electron chi connectivity index (χ2n) is 6.70. The zero-order valence-corrected chi connectivity index (χ0v) is 14.8. The van der Waals surface area contributed by atoms with Gasteiger partial charge in [-0.25, -0.2) is 0 Å². The van der Waals surface area contributed by atoms with Crippen molar-refractivity contribution in [2.45, 2.75) is 70.9 Å². The largest absolute Gasteiger partial charge is 0.312 e. The molecule has 0 amide bonds. The lowest BCUT2D eigenvalue weighted by Crippen LogP contribution is -2.61. The summed E-state index contributed by atoms with van der Waals surface area (Å²) in [5.74, 6) is 0. The van der Waals surface area contributed by atoms with Crippen LogP contribution in [0.1, 0.15) is 58.4 Å². The van der Waals surface area contributed by atoms with Crippen molar-refractivity contribution in [3.8, 4) is 0 Å². The molecule has 1 fully saturated rings. The highest BCUT2D eigenvalue weighted by Crippen LogP contribution is 2.33. The monoisotopic (exact) mass is 302 g/mol. The first-order chi connectivity index (χ1) is 10.8. The molecule has 0 aromatic heterocycles. The molecule has 2 nitrogen and oxygen atoms in total. The Hall–Kier alpha value is -0.860. The molecule has 0 bridgehead atoms. The van der Waals surface area contributed by atoms with Gasteiger partial charge in [0, 0.05) is 11.6 Å². The molecule has 22 heavy (non-hydrogen) atoms. The van der Waals surface area contributed by atoms with Gasteiger partial charge in [0.2, 0.25) is 0 Å². The van der Waals surface area contributed by atoms with E-state index >= 15 is 0 Å². The molecule has 1 saturated heterocycles. The third kappa shape index (κ3) is 3.91. The molecule has 1 unspecified atom stereocenters. The summed E-state index contributed by atoms with van der Waals surface area (Å²) in [6.07, 6.45) is 7.55. The Morgan fingerprint density at radius 2 is 1.68 bits per heavy atom. The van der Waals surface area contributed by atoms with Crippen molar-refractivity contribution >= 4 is 0 Å². The smallest absolute Gasteiger partial charge is 0.0360 e. The molecule has 0 saturated carbocycles. The highest BCUT2D eigenvalue weighted by molar-refractivity contribution is 5.18. The standard InChI is InChI=1S/C20H34N2/c1-4-14-21-19(17-18-12-8-7-9-13-18)20(5-2,6-3)22-15-10-11-16-22/h7-9,12-13,19,21H,4-6,10-11,14-17H2,1-3H3. The van der Waals surface area contributed by atoms with Gasteiger partial charge in [0.05, 0.1) is 0 Å². The van der Waals surface area contributed by atoms with Gasteiger partial charge in [-0.1, -0.05) is 51.1 Å². The van der Waals surface area contributed by atoms with Crippen LogP contribution in [0.2, 0.25) is 0 Å². The van der Waals surface area contributed by atoms with Crippen LogP contribution in [0.5, 0.6) is 0 Å². The van der Waals surface area contributed by atoms with Crippen LogP contribution in [-0.2, 0) is 6.42 Å². The molecule has 2 heteroatoms. The van der Waals surface area contributed by atoms with E-state index in [0.29, 0.717) is 11.6 Å². The second-order valence-corrected chi connectivity index (χ2v) is 6.70. The van der Waals surface area contributed by atoms with E-state index in [-0.39, 0.29) is 0 Å². The van der Waals surface area contributed by atoms with E-state index in [1.54, 1.807) is 0 Å². The molecule has 2 rings (SSSR count). The quantitative estimate of drug-likeness (QED) is 0.733. The SMILES string of the molecule is CCCNC(Cc1ccccc1)C(CC)(CC)N1CCCC1. The van der Waals surface area contributed by atoms with E-state index in [1.807, 2.05) is 0 Å². The van der Waals surface area contributed by atoms with E-state index in [4.69, 9.17) is 0 Å². The molecule has 1 aliphatic rings. The number of hydrogen-bond acceptors (Lipinski definition) is 2. The van der Waals surface area contributed by atoms with E-state index in [2.05, 4.69) is 61.3 Å². The molecule has 0 spiro atoms. The minimum Gasteiger partial charge on any atom is -0.312 e. The Morgan fingerprint density at radius 3 is 2.23 bits per heavy atom. The topological polar surface area (TPSA) is 15.3 Å². The van der Waals surface area contributed by atoms with E-state index in [0.717, 1.165) is 13.0 Å². The normalized spacial score (nSPS) is 17.8. The van der Waals surface area contributed by atoms with E-state index in [1.165, 1.54) is 50.8 Å². The van der Waals surface area contributed by atoms with Crippen LogP contribution in [0.15, 0.2) is 30.3 Å². The molecular formula is C20H34N2. The molecular weight excluding hydrogens is 268 g/mol. The van der Waals surface area contributed by atoms with Crippen LogP contribution in [0.3, 0.4) is 0 Å². The van der Waals surface area contributed by atoms with Crippen LogP contribution < -0.4 is 5.32 Å². The summed E-state index contributed by atoms with van der Waals surface area (Å²) in [6.45, 7) is 10.7. The summed E-state index contributed by atoms with van der Waals surface area (Å²) < 4.78 is 0. The fourth-order valence-corrected chi connectivity index (χ4v) is 4.19. The summed E-state index contributed by atoms with van der Waals surface area (Å²) in [4.78, 5) is 2.78. The van der Waals surface area contributed by atoms with Gasteiger partial charge in [-0.15, -0.1) is 0 Å². The summed E-state index contributed by atoms with van der Waals surface area (Å²) in [7, 11) is 0. The molecule has 1 aromatic carbocycles. The Morgan fingerprint density at radius 1 is 1.05 bits per heavy atom. The van der Waals surface area contributed by atoms with E-state index < -0.39 is 0 Å². The summed E-state index contributed by atoms with van der Waals surface area (Å²) >= 11 is 0. The third-order valence-corrected chi connectivity index (χ3v) is 5.53. The summed E-state index contributed by atoms with van der Waals surface area (Å²) in [5, 5.41) is 3.90. The van der Waals surface area contributed by atoms with Gasteiger partial charge in [0.25, 0.3) is 0 Å². The van der Waals surface area contributed by atoms with Crippen molar-refractivity contribution in [3.63, 3.8) is 0 Å². The minimum atomic E-state index is 0.307. The van der Waals surface area contributed by atoms with Gasteiger partial charge in [-0.3, -0.25) is 4.90 Å². The zero-order chi connectivity index (χ0) is 15.8. The van der Waals surface area contributed by atoms with Gasteiger partial charge in [-0.2, -0.15) is 0 Å². The molecule has 124 valence electrons. The summed E-state index contributed by atoms with van der Waals surface area (Å²) in [5.41, 5.74) is 1.77. The highest BCUT2D eigenvalue weighted by atomic mass is 15.2. The van der Waals surface area contributed by atoms with Crippen LogP contribution in [0.25, 0.3) is 0 Å². The molecule has 1 aliphatic heterocycles. The van der Waals surface area contributed by atoms with Gasteiger partial charge < -0.3 is 5.32 Å². The van der Waals surface area contributed by atoms with Crippen molar-refractivity contribution in [3.05, 3.63) is 35.9 Å². The maximum Gasteiger partial charge on any atom is 0.0360 e. The van der Waals surface area contributed by atoms with Gasteiger partial charge in [-0.05, 0) is 63.7 Å². The third-order valence-electron chi connectivity index (χ3n) is 5.53. The predicted octanol–water partition coefficient (Wildman–Crippen LogP) is 4.25. The molecule has 1 atom stereocenters. The van der Waals surface area contributed by atoms with Crippen molar-refractivity contribution in [1.82, 2.24) is 10.2 Å². The number of nitrogens with one attached hydrogen (secondary N) is 1. The Kier molecular flexibility index (Phi) is 6.91. The van der Waals surface area contributed by atoms with Crippen LogP contribution in [0.4, 0.5) is 0 Å². The van der Waals surface area contributed by atoms with Crippen LogP contribution in [-0.4, -0.2) is 36.1 Å². The van der Waals surface area contributed by atoms with Crippen LogP contribution in [0, 0.1) is 0 Å². The fourth-order valence-electron chi connectivity index (χ4n) is 4.19.